The lowest BCUT2D eigenvalue weighted by molar-refractivity contribution is -0.145. The Morgan fingerprint density at radius 2 is 1.84 bits per heavy atom. The van der Waals surface area contributed by atoms with Crippen molar-refractivity contribution in [1.82, 2.24) is 24.6 Å². The molecule has 2 aliphatic carbocycles. The van der Waals surface area contributed by atoms with Crippen LogP contribution in [-0.4, -0.2) is 57.4 Å². The number of benzene rings is 2. The molecule has 5 aromatic rings. The third-order valence-corrected chi connectivity index (χ3v) is 11.0. The van der Waals surface area contributed by atoms with Gasteiger partial charge in [0.25, 0.3) is 5.56 Å². The van der Waals surface area contributed by atoms with Crippen molar-refractivity contribution in [2.75, 3.05) is 32.1 Å². The molecule has 0 spiro atoms. The van der Waals surface area contributed by atoms with Gasteiger partial charge in [0.1, 0.15) is 5.82 Å². The Kier molecular flexibility index (Phi) is 7.88. The van der Waals surface area contributed by atoms with Gasteiger partial charge in [0.2, 0.25) is 5.88 Å². The fraction of sp³-hybridized carbons (Fsp3) is 0.342. The number of anilines is 2. The van der Waals surface area contributed by atoms with Crippen LogP contribution in [0.1, 0.15) is 36.1 Å². The molecule has 0 amide bonds. The number of fused-ring (bicyclic) bond motifs is 3. The average Bonchev–Trinajstić information content (AvgIpc) is 3.38. The Bertz CT molecular complexity index is 2190. The molecule has 4 heterocycles. The van der Waals surface area contributed by atoms with Crippen LogP contribution < -0.4 is 15.6 Å². The van der Waals surface area contributed by atoms with Crippen molar-refractivity contribution in [2.24, 2.45) is 24.8 Å². The summed E-state index contributed by atoms with van der Waals surface area (Å²) in [6.45, 7) is 6.12. The highest BCUT2D eigenvalue weighted by atomic mass is 35.5. The Labute approximate surface area is 289 Å². The number of rotatable bonds is 8. The molecule has 2 fully saturated rings. The maximum atomic E-state index is 13.0. The molecule has 2 aromatic carbocycles. The maximum absolute atomic E-state index is 13.0. The summed E-state index contributed by atoms with van der Waals surface area (Å²) in [4.78, 5) is 37.3. The van der Waals surface area contributed by atoms with Crippen LogP contribution >= 0.6 is 11.6 Å². The zero-order valence-electron chi connectivity index (χ0n) is 27.9. The van der Waals surface area contributed by atoms with Gasteiger partial charge in [-0.2, -0.15) is 5.10 Å². The highest BCUT2D eigenvalue weighted by molar-refractivity contribution is 6.36. The third kappa shape index (κ3) is 5.25. The van der Waals surface area contributed by atoms with E-state index in [4.69, 9.17) is 26.1 Å². The number of carbonyl (C=O) groups is 1. The molecule has 11 heteroatoms. The molecule has 0 bridgehead atoms. The van der Waals surface area contributed by atoms with Gasteiger partial charge in [0.05, 0.1) is 41.9 Å². The van der Waals surface area contributed by atoms with E-state index >= 15 is 0 Å². The zero-order chi connectivity index (χ0) is 34.0. The monoisotopic (exact) mass is 676 g/mol. The van der Waals surface area contributed by atoms with Crippen LogP contribution in [0, 0.1) is 24.7 Å². The summed E-state index contributed by atoms with van der Waals surface area (Å²) in [6.07, 6.45) is 5.24. The summed E-state index contributed by atoms with van der Waals surface area (Å²) in [5, 5.41) is 9.33. The van der Waals surface area contributed by atoms with Crippen LogP contribution in [0.15, 0.2) is 65.7 Å². The van der Waals surface area contributed by atoms with E-state index in [9.17, 15) is 9.59 Å². The number of esters is 1. The third-order valence-electron chi connectivity index (χ3n) is 10.6. The lowest BCUT2D eigenvalue weighted by atomic mass is 9.96. The van der Waals surface area contributed by atoms with Crippen LogP contribution in [0.5, 0.6) is 5.88 Å². The molecular weight excluding hydrogens is 640 g/mol. The van der Waals surface area contributed by atoms with Gasteiger partial charge in [0, 0.05) is 60.1 Å². The number of pyridine rings is 2. The SMILES string of the molecule is CCOC(=O)C1C2CN(C3CCc4cc(-c5cccc(-c6cccc(Nc7nccc8cnn(C)c(=O)c78)c6C)c5Cl)nc(OC)c43)CC21. The molecule has 1 saturated carbocycles. The van der Waals surface area contributed by atoms with Crippen molar-refractivity contribution in [3.63, 3.8) is 0 Å². The van der Waals surface area contributed by atoms with Crippen LogP contribution in [0.3, 0.4) is 0 Å². The normalized spacial score (nSPS) is 21.0. The standard InChI is InChI=1S/C38H37ClN6O4/c1-5-49-38(47)33-26-18-45(19-27(26)33)30-13-12-21-16-29(43-36(48-4)31(21)30)25-10-6-9-24(34(25)39)23-8-7-11-28(20(23)2)42-35-32-22(14-15-40-35)17-41-44(3)37(32)46/h6-11,14-17,26-27,30,33H,5,12-13,18-19H2,1-4H3,(H,40,42). The minimum absolute atomic E-state index is 0.0446. The summed E-state index contributed by atoms with van der Waals surface area (Å²) in [7, 11) is 3.30. The number of hydrogen-bond donors (Lipinski definition) is 1. The number of carbonyl (C=O) groups excluding carboxylic acids is 1. The Hall–Kier alpha value is -4.80. The number of ether oxygens (including phenoxy) is 2. The molecule has 250 valence electrons. The molecule has 3 aromatic heterocycles. The maximum Gasteiger partial charge on any atom is 0.309 e. The van der Waals surface area contributed by atoms with E-state index in [0.29, 0.717) is 45.9 Å². The molecule has 3 unspecified atom stereocenters. The first-order chi connectivity index (χ1) is 23.8. The highest BCUT2D eigenvalue weighted by Crippen LogP contribution is 2.56. The van der Waals surface area contributed by atoms with Gasteiger partial charge in [-0.15, -0.1) is 0 Å². The summed E-state index contributed by atoms with van der Waals surface area (Å²) in [6, 6.07) is 16.1. The van der Waals surface area contributed by atoms with Crippen molar-refractivity contribution >= 4 is 39.8 Å². The number of aryl methyl sites for hydroxylation is 2. The van der Waals surface area contributed by atoms with Crippen molar-refractivity contribution in [2.45, 2.75) is 32.7 Å². The minimum Gasteiger partial charge on any atom is -0.481 e. The lowest BCUT2D eigenvalue weighted by Crippen LogP contribution is -2.30. The largest absolute Gasteiger partial charge is 0.481 e. The van der Waals surface area contributed by atoms with Gasteiger partial charge >= 0.3 is 5.97 Å². The molecule has 10 nitrogen and oxygen atoms in total. The molecule has 0 radical (unpaired) electrons. The molecule has 1 aliphatic heterocycles. The summed E-state index contributed by atoms with van der Waals surface area (Å²) in [5.74, 6) is 1.87. The summed E-state index contributed by atoms with van der Waals surface area (Å²) >= 11 is 7.23. The number of aromatic nitrogens is 4. The highest BCUT2D eigenvalue weighted by Gasteiger charge is 2.61. The van der Waals surface area contributed by atoms with E-state index in [1.54, 1.807) is 32.6 Å². The van der Waals surface area contributed by atoms with Crippen molar-refractivity contribution < 1.29 is 14.3 Å². The number of piperidine rings is 1. The summed E-state index contributed by atoms with van der Waals surface area (Å²) < 4.78 is 12.5. The zero-order valence-corrected chi connectivity index (χ0v) is 28.6. The van der Waals surface area contributed by atoms with E-state index in [0.717, 1.165) is 65.1 Å². The lowest BCUT2D eigenvalue weighted by Gasteiger charge is -2.28. The van der Waals surface area contributed by atoms with Crippen molar-refractivity contribution in [3.8, 4) is 28.3 Å². The number of nitrogens with one attached hydrogen (secondary N) is 1. The first-order valence-corrected chi connectivity index (χ1v) is 17.1. The number of nitrogens with zero attached hydrogens (tertiary/aromatic N) is 5. The van der Waals surface area contributed by atoms with Gasteiger partial charge in [-0.05, 0) is 73.4 Å². The molecule has 8 rings (SSSR count). The molecular formula is C38H37ClN6O4. The van der Waals surface area contributed by atoms with E-state index in [1.807, 2.05) is 50.2 Å². The van der Waals surface area contributed by atoms with E-state index in [-0.39, 0.29) is 23.5 Å². The van der Waals surface area contributed by atoms with Gasteiger partial charge in [-0.25, -0.2) is 14.6 Å². The first kappa shape index (κ1) is 31.5. The molecule has 3 atom stereocenters. The number of halogens is 1. The van der Waals surface area contributed by atoms with Crippen LogP contribution in [0.2, 0.25) is 5.02 Å². The molecule has 1 saturated heterocycles. The van der Waals surface area contributed by atoms with Gasteiger partial charge in [-0.3, -0.25) is 14.5 Å². The van der Waals surface area contributed by atoms with E-state index in [1.165, 1.54) is 10.2 Å². The number of likely N-dealkylation sites (tertiary alicyclic amines) is 1. The number of hydrogen-bond acceptors (Lipinski definition) is 9. The smallest absolute Gasteiger partial charge is 0.309 e. The Morgan fingerprint density at radius 1 is 1.08 bits per heavy atom. The fourth-order valence-electron chi connectivity index (χ4n) is 8.04. The van der Waals surface area contributed by atoms with Crippen LogP contribution in [0.25, 0.3) is 33.2 Å². The molecule has 3 aliphatic rings. The first-order valence-electron chi connectivity index (χ1n) is 16.7. The second kappa shape index (κ2) is 12.3. The van der Waals surface area contributed by atoms with Gasteiger partial charge in [-0.1, -0.05) is 41.9 Å². The Balaban J connectivity index is 1.09. The average molecular weight is 677 g/mol. The Morgan fingerprint density at radius 3 is 2.61 bits per heavy atom. The topological polar surface area (TPSA) is 111 Å². The number of methoxy groups -OCH3 is 1. The second-order valence-electron chi connectivity index (χ2n) is 13.2. The van der Waals surface area contributed by atoms with E-state index < -0.39 is 0 Å². The fourth-order valence-corrected chi connectivity index (χ4v) is 8.36. The van der Waals surface area contributed by atoms with Gasteiger partial charge < -0.3 is 14.8 Å². The summed E-state index contributed by atoms with van der Waals surface area (Å²) in [5.41, 5.74) is 7.35. The minimum atomic E-state index is -0.221. The van der Waals surface area contributed by atoms with E-state index in [2.05, 4.69) is 26.4 Å². The van der Waals surface area contributed by atoms with Crippen LogP contribution in [0.4, 0.5) is 11.5 Å². The predicted octanol–water partition coefficient (Wildman–Crippen LogP) is 6.50. The quantitative estimate of drug-likeness (QED) is 0.184. The second-order valence-corrected chi connectivity index (χ2v) is 13.5. The van der Waals surface area contributed by atoms with Crippen molar-refractivity contribution in [1.29, 1.82) is 0 Å². The van der Waals surface area contributed by atoms with Gasteiger partial charge in [0.15, 0.2) is 0 Å². The molecule has 49 heavy (non-hydrogen) atoms. The van der Waals surface area contributed by atoms with Crippen molar-refractivity contribution in [3.05, 3.63) is 93.0 Å². The predicted molar refractivity (Wildman–Crippen MR) is 189 cm³/mol. The van der Waals surface area contributed by atoms with Crippen LogP contribution in [-0.2, 0) is 23.0 Å². The molecule has 1 N–H and O–H groups in total.